The van der Waals surface area contributed by atoms with E-state index in [-0.39, 0.29) is 22.7 Å². The lowest BCUT2D eigenvalue weighted by Crippen LogP contribution is -2.18. The van der Waals surface area contributed by atoms with Gasteiger partial charge in [-0.2, -0.15) is 0 Å². The molecule has 0 aliphatic carbocycles. The highest BCUT2D eigenvalue weighted by Crippen LogP contribution is 2.19. The lowest BCUT2D eigenvalue weighted by atomic mass is 10.1. The van der Waals surface area contributed by atoms with Crippen molar-refractivity contribution in [1.82, 2.24) is 0 Å². The van der Waals surface area contributed by atoms with E-state index in [0.29, 0.717) is 17.7 Å². The lowest BCUT2D eigenvalue weighted by Gasteiger charge is -2.16. The Hall–Kier alpha value is -2.60. The molecule has 0 saturated heterocycles. The first-order valence-electron chi connectivity index (χ1n) is 10.2. The highest BCUT2D eigenvalue weighted by molar-refractivity contribution is 7.91. The van der Waals surface area contributed by atoms with E-state index >= 15 is 0 Å². The largest absolute Gasteiger partial charge is 0.497 e. The number of methoxy groups -OCH3 is 1. The number of unbranched alkanes of at least 4 members (excludes halogenated alkanes) is 2. The van der Waals surface area contributed by atoms with Crippen LogP contribution in [0.25, 0.3) is 0 Å². The fourth-order valence-corrected chi connectivity index (χ4v) is 4.14. The van der Waals surface area contributed by atoms with E-state index in [1.165, 1.54) is 13.2 Å². The Kier molecular flexibility index (Phi) is 9.61. The van der Waals surface area contributed by atoms with Crippen molar-refractivity contribution in [3.63, 3.8) is 0 Å². The second kappa shape index (κ2) is 12.2. The molecule has 1 unspecified atom stereocenters. The Morgan fingerprint density at radius 2 is 1.80 bits per heavy atom. The molecular formula is C24H30O5S. The first-order valence-corrected chi connectivity index (χ1v) is 11.9. The highest BCUT2D eigenvalue weighted by atomic mass is 32.2. The van der Waals surface area contributed by atoms with Crippen molar-refractivity contribution >= 4 is 15.8 Å². The third kappa shape index (κ3) is 7.67. The van der Waals surface area contributed by atoms with Crippen LogP contribution in [0, 0.1) is 0 Å². The molecule has 162 valence electrons. The Morgan fingerprint density at radius 1 is 1.03 bits per heavy atom. The van der Waals surface area contributed by atoms with E-state index < -0.39 is 9.84 Å². The third-order valence-electron chi connectivity index (χ3n) is 4.69. The second-order valence-corrected chi connectivity index (χ2v) is 9.09. The zero-order valence-corrected chi connectivity index (χ0v) is 18.4. The molecule has 2 aromatic rings. The van der Waals surface area contributed by atoms with Gasteiger partial charge < -0.3 is 9.47 Å². The van der Waals surface area contributed by atoms with Gasteiger partial charge in [-0.25, -0.2) is 13.2 Å². The van der Waals surface area contributed by atoms with Gasteiger partial charge in [0.25, 0.3) is 0 Å². The van der Waals surface area contributed by atoms with Gasteiger partial charge in [-0.3, -0.25) is 0 Å². The van der Waals surface area contributed by atoms with Crippen molar-refractivity contribution in [2.45, 2.75) is 50.0 Å². The molecular weight excluding hydrogens is 400 g/mol. The normalized spacial score (nSPS) is 12.6. The van der Waals surface area contributed by atoms with Crippen molar-refractivity contribution in [2.24, 2.45) is 0 Å². The predicted molar refractivity (Wildman–Crippen MR) is 119 cm³/mol. The lowest BCUT2D eigenvalue weighted by molar-refractivity contribution is 0.0283. The summed E-state index contributed by atoms with van der Waals surface area (Å²) in [5.41, 5.74) is 0.516. The quantitative estimate of drug-likeness (QED) is 0.262. The number of sulfone groups is 1. The molecule has 0 spiro atoms. The number of hydrogen-bond acceptors (Lipinski definition) is 5. The standard InChI is InChI=1S/C24H30O5S/c1-3-4-6-14-21(29-24(25)20-12-7-5-8-13-20)15-9-10-18-30(26,27)23-17-11-16-22(19-23)28-2/h5,7-13,16-17,19,21H,3-4,6,14-15,18H2,1-2H3/b10-9+. The van der Waals surface area contributed by atoms with E-state index in [4.69, 9.17) is 9.47 Å². The summed E-state index contributed by atoms with van der Waals surface area (Å²) in [6, 6.07) is 15.3. The third-order valence-corrected chi connectivity index (χ3v) is 6.30. The molecule has 0 aromatic heterocycles. The molecule has 0 amide bonds. The van der Waals surface area contributed by atoms with Gasteiger partial charge in [0.1, 0.15) is 11.9 Å². The number of hydrogen-bond donors (Lipinski definition) is 0. The SMILES string of the molecule is CCCCCC(C/C=C/CS(=O)(=O)c1cccc(OC)c1)OC(=O)c1ccccc1. The molecule has 0 bridgehead atoms. The summed E-state index contributed by atoms with van der Waals surface area (Å²) < 4.78 is 35.8. The van der Waals surface area contributed by atoms with Crippen LogP contribution in [-0.4, -0.2) is 33.4 Å². The summed E-state index contributed by atoms with van der Waals surface area (Å²) in [4.78, 5) is 12.6. The van der Waals surface area contributed by atoms with Gasteiger partial charge in [-0.05, 0) is 43.2 Å². The second-order valence-electron chi connectivity index (χ2n) is 7.06. The fraction of sp³-hybridized carbons (Fsp3) is 0.375. The molecule has 0 aliphatic rings. The average molecular weight is 431 g/mol. The Morgan fingerprint density at radius 3 is 2.50 bits per heavy atom. The molecule has 0 radical (unpaired) electrons. The Labute approximate surface area is 179 Å². The fourth-order valence-electron chi connectivity index (χ4n) is 2.97. The average Bonchev–Trinajstić information content (AvgIpc) is 2.77. The molecule has 2 rings (SSSR count). The van der Waals surface area contributed by atoms with E-state index in [1.807, 2.05) is 6.07 Å². The summed E-state index contributed by atoms with van der Waals surface area (Å²) >= 11 is 0. The number of carbonyl (C=O) groups is 1. The summed E-state index contributed by atoms with van der Waals surface area (Å²) in [7, 11) is -1.95. The maximum atomic E-state index is 12.5. The van der Waals surface area contributed by atoms with Gasteiger partial charge in [-0.1, -0.05) is 56.2 Å². The number of esters is 1. The van der Waals surface area contributed by atoms with Gasteiger partial charge in [0.2, 0.25) is 0 Å². The molecule has 0 N–H and O–H groups in total. The molecule has 0 saturated carbocycles. The van der Waals surface area contributed by atoms with Crippen LogP contribution < -0.4 is 4.74 Å². The van der Waals surface area contributed by atoms with Crippen LogP contribution in [0.1, 0.15) is 49.4 Å². The van der Waals surface area contributed by atoms with Crippen molar-refractivity contribution in [1.29, 1.82) is 0 Å². The summed E-state index contributed by atoms with van der Waals surface area (Å²) in [5, 5.41) is 0. The molecule has 6 heteroatoms. The number of ether oxygens (including phenoxy) is 2. The maximum Gasteiger partial charge on any atom is 0.338 e. The van der Waals surface area contributed by atoms with E-state index in [2.05, 4.69) is 6.92 Å². The predicted octanol–water partition coefficient (Wildman–Crippen LogP) is 5.22. The first-order chi connectivity index (χ1) is 14.5. The van der Waals surface area contributed by atoms with E-state index in [0.717, 1.165) is 25.7 Å². The topological polar surface area (TPSA) is 69.7 Å². The molecule has 0 heterocycles. The van der Waals surface area contributed by atoms with Crippen LogP contribution in [0.15, 0.2) is 71.6 Å². The molecule has 1 atom stereocenters. The molecule has 5 nitrogen and oxygen atoms in total. The monoisotopic (exact) mass is 430 g/mol. The van der Waals surface area contributed by atoms with Crippen LogP contribution in [-0.2, 0) is 14.6 Å². The smallest absolute Gasteiger partial charge is 0.338 e. The molecule has 0 aliphatic heterocycles. The van der Waals surface area contributed by atoms with E-state index in [1.54, 1.807) is 54.6 Å². The summed E-state index contributed by atoms with van der Waals surface area (Å²) in [5.74, 6) is 0.0347. The Balaban J connectivity index is 1.97. The van der Waals surface area contributed by atoms with Crippen LogP contribution in [0.2, 0.25) is 0 Å². The van der Waals surface area contributed by atoms with Gasteiger partial charge >= 0.3 is 5.97 Å². The van der Waals surface area contributed by atoms with Gasteiger partial charge in [-0.15, -0.1) is 0 Å². The van der Waals surface area contributed by atoms with Crippen molar-refractivity contribution in [3.05, 3.63) is 72.3 Å². The zero-order valence-electron chi connectivity index (χ0n) is 17.6. The van der Waals surface area contributed by atoms with Crippen LogP contribution >= 0.6 is 0 Å². The van der Waals surface area contributed by atoms with E-state index in [9.17, 15) is 13.2 Å². The van der Waals surface area contributed by atoms with Crippen molar-refractivity contribution < 1.29 is 22.7 Å². The van der Waals surface area contributed by atoms with Gasteiger partial charge in [0, 0.05) is 6.42 Å². The summed E-state index contributed by atoms with van der Waals surface area (Å²) in [6.45, 7) is 2.12. The number of carbonyl (C=O) groups excluding carboxylic acids is 1. The van der Waals surface area contributed by atoms with Crippen molar-refractivity contribution in [3.8, 4) is 5.75 Å². The van der Waals surface area contributed by atoms with Crippen LogP contribution in [0.3, 0.4) is 0 Å². The van der Waals surface area contributed by atoms with Crippen molar-refractivity contribution in [2.75, 3.05) is 12.9 Å². The number of benzene rings is 2. The minimum Gasteiger partial charge on any atom is -0.497 e. The minimum atomic E-state index is -3.45. The maximum absolute atomic E-state index is 12.5. The number of rotatable bonds is 12. The molecule has 2 aromatic carbocycles. The Bertz CT molecular complexity index is 920. The van der Waals surface area contributed by atoms with Crippen LogP contribution in [0.4, 0.5) is 0 Å². The van der Waals surface area contributed by atoms with Gasteiger partial charge in [0.05, 0.1) is 23.3 Å². The zero-order chi connectivity index (χ0) is 21.8. The highest BCUT2D eigenvalue weighted by Gasteiger charge is 2.16. The summed E-state index contributed by atoms with van der Waals surface area (Å²) in [6.07, 6.45) is 7.46. The molecule has 0 fully saturated rings. The minimum absolute atomic E-state index is 0.117. The van der Waals surface area contributed by atoms with Crippen LogP contribution in [0.5, 0.6) is 5.75 Å². The first kappa shape index (κ1) is 23.7. The van der Waals surface area contributed by atoms with Gasteiger partial charge in [0.15, 0.2) is 9.84 Å². The molecule has 30 heavy (non-hydrogen) atoms.